The molecule has 0 spiro atoms. The second-order valence-corrected chi connectivity index (χ2v) is 6.09. The molecular weight excluding hydrogens is 331 g/mol. The lowest BCUT2D eigenvalue weighted by Crippen LogP contribution is -2.22. The highest BCUT2D eigenvalue weighted by molar-refractivity contribution is 7.18. The van der Waals surface area contributed by atoms with Gasteiger partial charge in [-0.05, 0) is 36.4 Å². The maximum atomic E-state index is 13.4. The third-order valence-corrected chi connectivity index (χ3v) is 4.47. The number of hydrogen-bond acceptors (Lipinski definition) is 5. The molecule has 0 atom stereocenters. The minimum atomic E-state index is -0.505. The van der Waals surface area contributed by atoms with Crippen LogP contribution in [-0.4, -0.2) is 25.1 Å². The predicted molar refractivity (Wildman–Crippen MR) is 90.3 cm³/mol. The fourth-order valence-electron chi connectivity index (χ4n) is 2.21. The van der Waals surface area contributed by atoms with Crippen LogP contribution in [0.25, 0.3) is 10.2 Å². The number of carbonyl (C=O) groups excluding carboxylic acids is 1. The zero-order chi connectivity index (χ0) is 17.1. The summed E-state index contributed by atoms with van der Waals surface area (Å²) in [6.07, 6.45) is 0. The Hall–Kier alpha value is -2.67. The zero-order valence-corrected chi connectivity index (χ0v) is 13.9. The summed E-state index contributed by atoms with van der Waals surface area (Å²) in [7, 11) is 2.97. The molecule has 0 aliphatic carbocycles. The summed E-state index contributed by atoms with van der Waals surface area (Å²) < 4.78 is 24.4. The number of aromatic nitrogens is 1. The Kier molecular flexibility index (Phi) is 4.61. The summed E-state index contributed by atoms with van der Waals surface area (Å²) in [4.78, 5) is 16.6. The van der Waals surface area contributed by atoms with E-state index in [2.05, 4.69) is 10.3 Å². The van der Waals surface area contributed by atoms with Crippen molar-refractivity contribution in [3.8, 4) is 11.5 Å². The average Bonchev–Trinajstić information content (AvgIpc) is 3.01. The zero-order valence-electron chi connectivity index (χ0n) is 13.1. The molecule has 3 aromatic rings. The Labute approximate surface area is 142 Å². The van der Waals surface area contributed by atoms with E-state index in [0.29, 0.717) is 12.1 Å². The molecule has 3 rings (SSSR count). The standard InChI is InChI=1S/C17H15FN2O3S/c1-22-11-4-6-13-15(8-11)24-16(20-13)9-19-17(21)10-3-5-12(18)14(7-10)23-2/h3-8H,9H2,1-2H3,(H,19,21). The molecule has 0 aliphatic rings. The average molecular weight is 346 g/mol. The Morgan fingerprint density at radius 3 is 2.79 bits per heavy atom. The first-order chi connectivity index (χ1) is 11.6. The van der Waals surface area contributed by atoms with Gasteiger partial charge >= 0.3 is 0 Å². The van der Waals surface area contributed by atoms with Gasteiger partial charge in [0, 0.05) is 5.56 Å². The van der Waals surface area contributed by atoms with Crippen molar-refractivity contribution < 1.29 is 18.7 Å². The Bertz CT molecular complexity index is 895. The first-order valence-corrected chi connectivity index (χ1v) is 7.97. The first kappa shape index (κ1) is 16.2. The summed E-state index contributed by atoms with van der Waals surface area (Å²) in [5.41, 5.74) is 1.18. The van der Waals surface area contributed by atoms with Crippen LogP contribution in [0.4, 0.5) is 4.39 Å². The number of nitrogens with zero attached hydrogens (tertiary/aromatic N) is 1. The molecule has 0 saturated carbocycles. The Balaban J connectivity index is 1.72. The van der Waals surface area contributed by atoms with Gasteiger partial charge in [0.1, 0.15) is 10.8 Å². The molecular formula is C17H15FN2O3S. The summed E-state index contributed by atoms with van der Waals surface area (Å²) in [5.74, 6) is -0.0193. The number of ether oxygens (including phenoxy) is 2. The monoisotopic (exact) mass is 346 g/mol. The molecule has 1 heterocycles. The molecule has 0 radical (unpaired) electrons. The number of thiazole rings is 1. The summed E-state index contributed by atoms with van der Waals surface area (Å²) in [5, 5.41) is 3.55. The number of nitrogens with one attached hydrogen (secondary N) is 1. The number of benzene rings is 2. The van der Waals surface area contributed by atoms with E-state index < -0.39 is 5.82 Å². The fraction of sp³-hybridized carbons (Fsp3) is 0.176. The van der Waals surface area contributed by atoms with Crippen molar-refractivity contribution in [3.05, 3.63) is 52.8 Å². The van der Waals surface area contributed by atoms with Gasteiger partial charge in [-0.2, -0.15) is 0 Å². The van der Waals surface area contributed by atoms with E-state index in [1.165, 1.54) is 36.6 Å². The van der Waals surface area contributed by atoms with Gasteiger partial charge in [-0.1, -0.05) is 0 Å². The van der Waals surface area contributed by atoms with Crippen molar-refractivity contribution in [1.29, 1.82) is 0 Å². The van der Waals surface area contributed by atoms with Gasteiger partial charge < -0.3 is 14.8 Å². The molecule has 7 heteroatoms. The molecule has 0 fully saturated rings. The van der Waals surface area contributed by atoms with Gasteiger partial charge in [0.25, 0.3) is 5.91 Å². The van der Waals surface area contributed by atoms with Gasteiger partial charge in [-0.15, -0.1) is 11.3 Å². The van der Waals surface area contributed by atoms with Gasteiger partial charge in [-0.25, -0.2) is 9.37 Å². The smallest absolute Gasteiger partial charge is 0.251 e. The number of methoxy groups -OCH3 is 2. The van der Waals surface area contributed by atoms with E-state index >= 15 is 0 Å². The maximum absolute atomic E-state index is 13.4. The number of carbonyl (C=O) groups is 1. The van der Waals surface area contributed by atoms with Gasteiger partial charge in [-0.3, -0.25) is 4.79 Å². The fourth-order valence-corrected chi connectivity index (χ4v) is 3.15. The van der Waals surface area contributed by atoms with E-state index in [1.807, 2.05) is 18.2 Å². The van der Waals surface area contributed by atoms with Crippen molar-refractivity contribution in [2.24, 2.45) is 0 Å². The van der Waals surface area contributed by atoms with Gasteiger partial charge in [0.15, 0.2) is 11.6 Å². The summed E-state index contributed by atoms with van der Waals surface area (Å²) >= 11 is 1.48. The molecule has 1 N–H and O–H groups in total. The van der Waals surface area contributed by atoms with Crippen LogP contribution in [0.5, 0.6) is 11.5 Å². The highest BCUT2D eigenvalue weighted by Gasteiger charge is 2.11. The van der Waals surface area contributed by atoms with Crippen LogP contribution in [0.1, 0.15) is 15.4 Å². The highest BCUT2D eigenvalue weighted by atomic mass is 32.1. The van der Waals surface area contributed by atoms with Crippen molar-refractivity contribution in [2.45, 2.75) is 6.54 Å². The first-order valence-electron chi connectivity index (χ1n) is 7.16. The Morgan fingerprint density at radius 2 is 2.04 bits per heavy atom. The lowest BCUT2D eigenvalue weighted by Gasteiger charge is -2.06. The van der Waals surface area contributed by atoms with Crippen LogP contribution in [0.2, 0.25) is 0 Å². The molecule has 5 nitrogen and oxygen atoms in total. The quantitative estimate of drug-likeness (QED) is 0.769. The van der Waals surface area contributed by atoms with Crippen LogP contribution in [-0.2, 0) is 6.54 Å². The lowest BCUT2D eigenvalue weighted by molar-refractivity contribution is 0.0950. The normalized spacial score (nSPS) is 10.6. The van der Waals surface area contributed by atoms with E-state index in [4.69, 9.17) is 9.47 Å². The van der Waals surface area contributed by atoms with Crippen molar-refractivity contribution in [2.75, 3.05) is 14.2 Å². The van der Waals surface area contributed by atoms with Crippen LogP contribution in [0.15, 0.2) is 36.4 Å². The molecule has 0 saturated heterocycles. The molecule has 0 aliphatic heterocycles. The van der Waals surface area contributed by atoms with Crippen LogP contribution in [0.3, 0.4) is 0 Å². The predicted octanol–water partition coefficient (Wildman–Crippen LogP) is 3.38. The molecule has 2 aromatic carbocycles. The maximum Gasteiger partial charge on any atom is 0.251 e. The van der Waals surface area contributed by atoms with Crippen molar-refractivity contribution >= 4 is 27.5 Å². The van der Waals surface area contributed by atoms with E-state index in [1.54, 1.807) is 7.11 Å². The van der Waals surface area contributed by atoms with Crippen LogP contribution < -0.4 is 14.8 Å². The topological polar surface area (TPSA) is 60.5 Å². The molecule has 0 bridgehead atoms. The number of halogens is 1. The van der Waals surface area contributed by atoms with Crippen LogP contribution in [0, 0.1) is 5.82 Å². The van der Waals surface area contributed by atoms with E-state index in [0.717, 1.165) is 21.0 Å². The second-order valence-electron chi connectivity index (χ2n) is 4.97. The van der Waals surface area contributed by atoms with Crippen molar-refractivity contribution in [3.63, 3.8) is 0 Å². The molecule has 0 unspecified atom stereocenters. The van der Waals surface area contributed by atoms with Gasteiger partial charge in [0.05, 0.1) is 31.0 Å². The minimum Gasteiger partial charge on any atom is -0.497 e. The van der Waals surface area contributed by atoms with Crippen molar-refractivity contribution in [1.82, 2.24) is 10.3 Å². The lowest BCUT2D eigenvalue weighted by atomic mass is 10.2. The molecule has 124 valence electrons. The highest BCUT2D eigenvalue weighted by Crippen LogP contribution is 2.26. The van der Waals surface area contributed by atoms with Gasteiger partial charge in [0.2, 0.25) is 0 Å². The van der Waals surface area contributed by atoms with E-state index in [-0.39, 0.29) is 11.7 Å². The summed E-state index contributed by atoms with van der Waals surface area (Å²) in [6.45, 7) is 0.292. The minimum absolute atomic E-state index is 0.0368. The number of amides is 1. The number of hydrogen-bond donors (Lipinski definition) is 1. The molecule has 1 amide bonds. The molecule has 24 heavy (non-hydrogen) atoms. The SMILES string of the molecule is COc1ccc2nc(CNC(=O)c3ccc(F)c(OC)c3)sc2c1. The third kappa shape index (κ3) is 3.30. The van der Waals surface area contributed by atoms with Crippen LogP contribution >= 0.6 is 11.3 Å². The molecule has 1 aromatic heterocycles. The van der Waals surface area contributed by atoms with E-state index in [9.17, 15) is 9.18 Å². The number of rotatable bonds is 5. The summed E-state index contributed by atoms with van der Waals surface area (Å²) in [6, 6.07) is 9.61. The largest absolute Gasteiger partial charge is 0.497 e. The number of fused-ring (bicyclic) bond motifs is 1. The second kappa shape index (κ2) is 6.84. The third-order valence-electron chi connectivity index (χ3n) is 3.45. The Morgan fingerprint density at radius 1 is 1.21 bits per heavy atom.